The van der Waals surface area contributed by atoms with Crippen LogP contribution in [-0.2, 0) is 0 Å². The molecule has 0 aliphatic rings. The predicted molar refractivity (Wildman–Crippen MR) is 65.5 cm³/mol. The van der Waals surface area contributed by atoms with E-state index in [1.165, 1.54) is 5.56 Å². The third-order valence-electron chi connectivity index (χ3n) is 2.30. The van der Waals surface area contributed by atoms with Gasteiger partial charge in [0.25, 0.3) is 0 Å². The molecule has 0 bridgehead atoms. The zero-order chi connectivity index (χ0) is 11.2. The van der Waals surface area contributed by atoms with E-state index < -0.39 is 0 Å². The molecule has 0 aliphatic heterocycles. The van der Waals surface area contributed by atoms with E-state index in [-0.39, 0.29) is 0 Å². The summed E-state index contributed by atoms with van der Waals surface area (Å²) in [5, 5.41) is 0. The van der Waals surface area contributed by atoms with Crippen molar-refractivity contribution in [2.75, 3.05) is 6.61 Å². The normalized spacial score (nSPS) is 10.1. The number of hydrogen-bond donors (Lipinski definition) is 0. The highest BCUT2D eigenvalue weighted by Gasteiger charge is 1.98. The second kappa shape index (κ2) is 5.31. The number of rotatable bonds is 4. The van der Waals surface area contributed by atoms with Crippen molar-refractivity contribution in [3.05, 3.63) is 48.7 Å². The number of benzene rings is 1. The first-order valence-electron chi connectivity index (χ1n) is 5.54. The van der Waals surface area contributed by atoms with E-state index in [2.05, 4.69) is 24.0 Å². The van der Waals surface area contributed by atoms with Gasteiger partial charge in [0.2, 0.25) is 5.88 Å². The van der Waals surface area contributed by atoms with Gasteiger partial charge in [-0.05, 0) is 18.1 Å². The largest absolute Gasteiger partial charge is 0.478 e. The van der Waals surface area contributed by atoms with Gasteiger partial charge in [-0.25, -0.2) is 4.98 Å². The topological polar surface area (TPSA) is 22.1 Å². The summed E-state index contributed by atoms with van der Waals surface area (Å²) in [6.07, 6.45) is 2.85. The summed E-state index contributed by atoms with van der Waals surface area (Å²) >= 11 is 0. The molecule has 2 heteroatoms. The predicted octanol–water partition coefficient (Wildman–Crippen LogP) is 3.54. The molecule has 2 aromatic rings. The van der Waals surface area contributed by atoms with Gasteiger partial charge in [0.1, 0.15) is 0 Å². The highest BCUT2D eigenvalue weighted by Crippen LogP contribution is 2.19. The Balaban J connectivity index is 2.13. The van der Waals surface area contributed by atoms with Crippen LogP contribution in [0.1, 0.15) is 13.3 Å². The molecule has 0 amide bonds. The molecule has 0 unspecified atom stereocenters. The lowest BCUT2D eigenvalue weighted by atomic mass is 10.1. The van der Waals surface area contributed by atoms with Gasteiger partial charge in [-0.15, -0.1) is 0 Å². The van der Waals surface area contributed by atoms with E-state index in [0.29, 0.717) is 5.88 Å². The Kier molecular flexibility index (Phi) is 3.54. The first-order chi connectivity index (χ1) is 7.90. The maximum atomic E-state index is 5.43. The molecule has 0 N–H and O–H groups in total. The zero-order valence-corrected chi connectivity index (χ0v) is 9.39. The van der Waals surface area contributed by atoms with Crippen molar-refractivity contribution in [2.45, 2.75) is 13.3 Å². The lowest BCUT2D eigenvalue weighted by Crippen LogP contribution is -1.96. The average Bonchev–Trinajstić information content (AvgIpc) is 2.38. The van der Waals surface area contributed by atoms with E-state index in [1.54, 1.807) is 0 Å². The molecule has 2 rings (SSSR count). The summed E-state index contributed by atoms with van der Waals surface area (Å²) in [5.41, 5.74) is 2.29. The summed E-state index contributed by atoms with van der Waals surface area (Å²) in [6.45, 7) is 2.80. The maximum Gasteiger partial charge on any atom is 0.213 e. The van der Waals surface area contributed by atoms with Crippen LogP contribution in [0.4, 0.5) is 0 Å². The number of hydrogen-bond acceptors (Lipinski definition) is 2. The number of ether oxygens (including phenoxy) is 1. The van der Waals surface area contributed by atoms with Crippen LogP contribution >= 0.6 is 0 Å². The molecule has 1 aromatic carbocycles. The Morgan fingerprint density at radius 3 is 2.44 bits per heavy atom. The van der Waals surface area contributed by atoms with Crippen molar-refractivity contribution in [3.63, 3.8) is 0 Å². The third kappa shape index (κ3) is 2.60. The number of aromatic nitrogens is 1. The van der Waals surface area contributed by atoms with E-state index in [9.17, 15) is 0 Å². The molecular weight excluding hydrogens is 198 g/mol. The number of nitrogens with zero attached hydrogens (tertiary/aromatic N) is 1. The van der Waals surface area contributed by atoms with Gasteiger partial charge in [-0.3, -0.25) is 0 Å². The van der Waals surface area contributed by atoms with Crippen LogP contribution in [-0.4, -0.2) is 11.6 Å². The van der Waals surface area contributed by atoms with Crippen molar-refractivity contribution in [1.82, 2.24) is 4.98 Å². The van der Waals surface area contributed by atoms with Crippen LogP contribution in [0, 0.1) is 0 Å². The van der Waals surface area contributed by atoms with Crippen molar-refractivity contribution >= 4 is 0 Å². The molecule has 1 aromatic heterocycles. The minimum atomic E-state index is 0.696. The van der Waals surface area contributed by atoms with E-state index in [1.807, 2.05) is 36.5 Å². The van der Waals surface area contributed by atoms with Crippen LogP contribution in [0.2, 0.25) is 0 Å². The van der Waals surface area contributed by atoms with E-state index >= 15 is 0 Å². The molecule has 0 radical (unpaired) electrons. The quantitative estimate of drug-likeness (QED) is 0.775. The van der Waals surface area contributed by atoms with Crippen LogP contribution < -0.4 is 4.74 Å². The molecule has 0 atom stereocenters. The molecule has 82 valence electrons. The summed E-state index contributed by atoms with van der Waals surface area (Å²) in [7, 11) is 0. The molecular formula is C14H15NO. The second-order valence-corrected chi connectivity index (χ2v) is 3.60. The van der Waals surface area contributed by atoms with Gasteiger partial charge < -0.3 is 4.74 Å². The van der Waals surface area contributed by atoms with Gasteiger partial charge in [0.05, 0.1) is 6.61 Å². The molecule has 0 spiro atoms. The molecule has 1 heterocycles. The highest BCUT2D eigenvalue weighted by molar-refractivity contribution is 5.62. The van der Waals surface area contributed by atoms with Crippen LogP contribution in [0.3, 0.4) is 0 Å². The van der Waals surface area contributed by atoms with Crippen molar-refractivity contribution < 1.29 is 4.74 Å². The Morgan fingerprint density at radius 1 is 1.00 bits per heavy atom. The first-order valence-corrected chi connectivity index (χ1v) is 5.54. The monoisotopic (exact) mass is 213 g/mol. The van der Waals surface area contributed by atoms with Crippen LogP contribution in [0.15, 0.2) is 48.7 Å². The fourth-order valence-electron chi connectivity index (χ4n) is 1.47. The van der Waals surface area contributed by atoms with Gasteiger partial charge in [0, 0.05) is 17.8 Å². The summed E-state index contributed by atoms with van der Waals surface area (Å²) in [5.74, 6) is 0.696. The van der Waals surface area contributed by atoms with Crippen LogP contribution in [0.25, 0.3) is 11.1 Å². The van der Waals surface area contributed by atoms with E-state index in [4.69, 9.17) is 4.74 Å². The van der Waals surface area contributed by atoms with Crippen LogP contribution in [0.5, 0.6) is 5.88 Å². The van der Waals surface area contributed by atoms with E-state index in [0.717, 1.165) is 18.6 Å². The van der Waals surface area contributed by atoms with Gasteiger partial charge in [0.15, 0.2) is 0 Å². The lowest BCUT2D eigenvalue weighted by Gasteiger charge is -2.04. The number of pyridine rings is 1. The maximum absolute atomic E-state index is 5.43. The standard InChI is InChI=1S/C14H15NO/c1-2-10-16-14-9-8-13(11-15-14)12-6-4-3-5-7-12/h3-9,11H,2,10H2,1H3. The van der Waals surface area contributed by atoms with Crippen molar-refractivity contribution in [2.24, 2.45) is 0 Å². The van der Waals surface area contributed by atoms with Gasteiger partial charge in [-0.1, -0.05) is 37.3 Å². The fraction of sp³-hybridized carbons (Fsp3) is 0.214. The Morgan fingerprint density at radius 2 is 1.81 bits per heavy atom. The SMILES string of the molecule is CCCOc1ccc(-c2ccccc2)cn1. The summed E-state index contributed by atoms with van der Waals surface area (Å²) in [4.78, 5) is 4.27. The molecule has 0 saturated heterocycles. The fourth-order valence-corrected chi connectivity index (χ4v) is 1.47. The minimum absolute atomic E-state index is 0.696. The molecule has 0 aliphatic carbocycles. The summed E-state index contributed by atoms with van der Waals surface area (Å²) < 4.78 is 5.43. The third-order valence-corrected chi connectivity index (χ3v) is 2.30. The smallest absolute Gasteiger partial charge is 0.213 e. The molecule has 2 nitrogen and oxygen atoms in total. The molecule has 0 saturated carbocycles. The summed E-state index contributed by atoms with van der Waals surface area (Å²) in [6, 6.07) is 14.2. The zero-order valence-electron chi connectivity index (χ0n) is 9.39. The van der Waals surface area contributed by atoms with Gasteiger partial charge >= 0.3 is 0 Å². The molecule has 16 heavy (non-hydrogen) atoms. The van der Waals surface area contributed by atoms with Gasteiger partial charge in [-0.2, -0.15) is 0 Å². The Hall–Kier alpha value is -1.83. The Bertz CT molecular complexity index is 422. The van der Waals surface area contributed by atoms with Crippen molar-refractivity contribution in [1.29, 1.82) is 0 Å². The average molecular weight is 213 g/mol. The molecule has 0 fully saturated rings. The highest BCUT2D eigenvalue weighted by atomic mass is 16.5. The second-order valence-electron chi connectivity index (χ2n) is 3.60. The van der Waals surface area contributed by atoms with Crippen molar-refractivity contribution in [3.8, 4) is 17.0 Å². The first kappa shape index (κ1) is 10.7. The Labute approximate surface area is 95.9 Å². The minimum Gasteiger partial charge on any atom is -0.478 e. The lowest BCUT2D eigenvalue weighted by molar-refractivity contribution is 0.305.